The molecule has 1 saturated carbocycles. The molecule has 2 aromatic carbocycles. The van der Waals surface area contributed by atoms with Crippen molar-refractivity contribution in [2.45, 2.75) is 51.7 Å². The van der Waals surface area contributed by atoms with Crippen LogP contribution in [0.25, 0.3) is 10.4 Å². The van der Waals surface area contributed by atoms with Gasteiger partial charge in [0, 0.05) is 48.2 Å². The third kappa shape index (κ3) is 7.36. The van der Waals surface area contributed by atoms with Crippen LogP contribution in [0.2, 0.25) is 0 Å². The maximum atomic E-state index is 14.0. The van der Waals surface area contributed by atoms with Crippen LogP contribution in [0.3, 0.4) is 0 Å². The van der Waals surface area contributed by atoms with Gasteiger partial charge >= 0.3 is 0 Å². The van der Waals surface area contributed by atoms with Crippen molar-refractivity contribution in [3.8, 4) is 16.5 Å². The van der Waals surface area contributed by atoms with Gasteiger partial charge in [0.25, 0.3) is 5.91 Å². The number of nitrogens with zero attached hydrogens (tertiary/aromatic N) is 5. The lowest BCUT2D eigenvalue weighted by Gasteiger charge is -2.30. The second-order valence-corrected chi connectivity index (χ2v) is 12.4. The van der Waals surface area contributed by atoms with Gasteiger partial charge in [0.2, 0.25) is 5.91 Å². The normalized spacial score (nSPS) is 13.2. The number of imidazole rings is 1. The van der Waals surface area contributed by atoms with E-state index in [9.17, 15) is 9.59 Å². The zero-order valence-corrected chi connectivity index (χ0v) is 25.7. The van der Waals surface area contributed by atoms with Crippen LogP contribution in [0.15, 0.2) is 97.7 Å². The van der Waals surface area contributed by atoms with Crippen LogP contribution in [-0.4, -0.2) is 26.3 Å². The third-order valence-corrected chi connectivity index (χ3v) is 9.40. The number of carbonyl (C=O) groups is 2. The van der Waals surface area contributed by atoms with E-state index in [1.165, 1.54) is 17.8 Å². The van der Waals surface area contributed by atoms with Gasteiger partial charge in [-0.15, -0.1) is 11.3 Å². The quantitative estimate of drug-likeness (QED) is 0.183. The molecule has 2 amide bonds. The molecule has 3 heterocycles. The van der Waals surface area contributed by atoms with E-state index >= 15 is 0 Å². The molecule has 0 unspecified atom stereocenters. The highest BCUT2D eigenvalue weighted by Gasteiger charge is 2.28. The predicted molar refractivity (Wildman–Crippen MR) is 175 cm³/mol. The summed E-state index contributed by atoms with van der Waals surface area (Å²) < 4.78 is 2.06. The number of benzene rings is 2. The van der Waals surface area contributed by atoms with Gasteiger partial charge in [0.05, 0.1) is 35.1 Å². The second kappa shape index (κ2) is 14.1. The van der Waals surface area contributed by atoms with E-state index in [0.29, 0.717) is 30.1 Å². The van der Waals surface area contributed by atoms with Crippen LogP contribution in [0, 0.1) is 17.2 Å². The average molecular weight is 615 g/mol. The largest absolute Gasteiger partial charge is 0.347 e. The maximum Gasteiger partial charge on any atom is 0.261 e. The lowest BCUT2D eigenvalue weighted by Crippen LogP contribution is -2.37. The summed E-state index contributed by atoms with van der Waals surface area (Å²) in [6, 6.07) is 25.3. The number of nitriles is 1. The number of amides is 2. The van der Waals surface area contributed by atoms with Crippen molar-refractivity contribution >= 4 is 28.8 Å². The molecular formula is C36H34N6O2S. The monoisotopic (exact) mass is 614 g/mol. The highest BCUT2D eigenvalue weighted by atomic mass is 32.1. The van der Waals surface area contributed by atoms with E-state index < -0.39 is 0 Å². The Bertz CT molecular complexity index is 1780. The molecular weight excluding hydrogens is 581 g/mol. The number of rotatable bonds is 10. The molecule has 0 radical (unpaired) electrons. The molecule has 5 aromatic rings. The Hall–Kier alpha value is -5.07. The number of aromatic nitrogens is 3. The maximum absolute atomic E-state index is 14.0. The molecule has 0 saturated heterocycles. The first-order valence-corrected chi connectivity index (χ1v) is 16.1. The van der Waals surface area contributed by atoms with Gasteiger partial charge in [-0.3, -0.25) is 14.6 Å². The molecule has 3 aromatic heterocycles. The fourth-order valence-corrected chi connectivity index (χ4v) is 6.65. The Morgan fingerprint density at radius 1 is 0.911 bits per heavy atom. The Morgan fingerprint density at radius 2 is 1.67 bits per heavy atom. The molecule has 226 valence electrons. The molecule has 0 aliphatic heterocycles. The summed E-state index contributed by atoms with van der Waals surface area (Å²) in [5.41, 5.74) is 5.45. The van der Waals surface area contributed by atoms with Gasteiger partial charge in [-0.1, -0.05) is 43.5 Å². The molecule has 9 heteroatoms. The summed E-state index contributed by atoms with van der Waals surface area (Å²) in [4.78, 5) is 38.7. The van der Waals surface area contributed by atoms with E-state index in [1.807, 2.05) is 83.9 Å². The Kier molecular flexibility index (Phi) is 9.42. The summed E-state index contributed by atoms with van der Waals surface area (Å²) in [7, 11) is 0. The fraction of sp³-hybridized carbons (Fsp3) is 0.250. The smallest absolute Gasteiger partial charge is 0.261 e. The Labute approximate surface area is 267 Å². The summed E-state index contributed by atoms with van der Waals surface area (Å²) in [5.74, 6) is 0.0539. The van der Waals surface area contributed by atoms with Crippen molar-refractivity contribution in [1.29, 1.82) is 5.26 Å². The molecule has 8 nitrogen and oxygen atoms in total. The fourth-order valence-electron chi connectivity index (χ4n) is 5.72. The van der Waals surface area contributed by atoms with E-state index in [2.05, 4.69) is 25.9 Å². The van der Waals surface area contributed by atoms with Crippen LogP contribution >= 0.6 is 11.3 Å². The highest BCUT2D eigenvalue weighted by Crippen LogP contribution is 2.32. The molecule has 1 aliphatic carbocycles. The zero-order chi connectivity index (χ0) is 31.0. The van der Waals surface area contributed by atoms with Crippen molar-refractivity contribution in [1.82, 2.24) is 19.9 Å². The van der Waals surface area contributed by atoms with Crippen molar-refractivity contribution in [2.75, 3.05) is 4.90 Å². The lowest BCUT2D eigenvalue weighted by atomic mass is 9.88. The van der Waals surface area contributed by atoms with Crippen molar-refractivity contribution < 1.29 is 9.59 Å². The summed E-state index contributed by atoms with van der Waals surface area (Å²) in [6.07, 6.45) is 12.2. The van der Waals surface area contributed by atoms with Crippen LogP contribution in [0.4, 0.5) is 5.69 Å². The molecule has 0 spiro atoms. The molecule has 1 aliphatic rings. The highest BCUT2D eigenvalue weighted by molar-refractivity contribution is 7.17. The predicted octanol–water partition coefficient (Wildman–Crippen LogP) is 6.97. The topological polar surface area (TPSA) is 104 Å². The standard InChI is InChI=1S/C36H34N6O2S/c37-20-26-6-8-28(9-7-26)23-41-25-39-22-32(41)24-42(36(44)30-4-2-1-3-5-30)31-12-10-29(11-13-31)33-14-15-34(45-33)35(43)40-21-27-16-18-38-19-17-27/h6-19,22,25,30H,1-5,21,23-24H2,(H,40,43). The van der Waals surface area contributed by atoms with Crippen LogP contribution in [0.5, 0.6) is 0 Å². The van der Waals surface area contributed by atoms with E-state index in [4.69, 9.17) is 5.26 Å². The van der Waals surface area contributed by atoms with E-state index in [-0.39, 0.29) is 17.7 Å². The third-order valence-electron chi connectivity index (χ3n) is 8.27. The number of pyridine rings is 1. The molecule has 1 N–H and O–H groups in total. The number of anilines is 1. The van der Waals surface area contributed by atoms with Gasteiger partial charge in [-0.05, 0) is 78.1 Å². The average Bonchev–Trinajstić information content (AvgIpc) is 3.77. The number of hydrogen-bond acceptors (Lipinski definition) is 6. The number of hydrogen-bond donors (Lipinski definition) is 1. The van der Waals surface area contributed by atoms with Gasteiger partial charge in [-0.2, -0.15) is 5.26 Å². The van der Waals surface area contributed by atoms with E-state index in [0.717, 1.165) is 58.6 Å². The van der Waals surface area contributed by atoms with Crippen molar-refractivity contribution in [3.63, 3.8) is 0 Å². The van der Waals surface area contributed by atoms with Crippen molar-refractivity contribution in [3.05, 3.63) is 125 Å². The first-order valence-electron chi connectivity index (χ1n) is 15.2. The Balaban J connectivity index is 1.19. The van der Waals surface area contributed by atoms with Gasteiger partial charge in [-0.25, -0.2) is 4.98 Å². The molecule has 1 fully saturated rings. The summed E-state index contributed by atoms with van der Waals surface area (Å²) in [6.45, 7) is 1.45. The van der Waals surface area contributed by atoms with Gasteiger partial charge in [0.1, 0.15) is 0 Å². The first kappa shape index (κ1) is 30.0. The number of thiophene rings is 1. The SMILES string of the molecule is N#Cc1ccc(Cn2cncc2CN(C(=O)C2CCCCC2)c2ccc(-c3ccc(C(=O)NCc4ccncc4)s3)cc2)cc1. The van der Waals surface area contributed by atoms with Gasteiger partial charge in [0.15, 0.2) is 0 Å². The second-order valence-electron chi connectivity index (χ2n) is 11.3. The van der Waals surface area contributed by atoms with Crippen LogP contribution in [-0.2, 0) is 24.4 Å². The first-order chi connectivity index (χ1) is 22.1. The Morgan fingerprint density at radius 3 is 2.40 bits per heavy atom. The number of carbonyl (C=O) groups excluding carboxylic acids is 2. The zero-order valence-electron chi connectivity index (χ0n) is 24.9. The van der Waals surface area contributed by atoms with Gasteiger partial charge < -0.3 is 14.8 Å². The van der Waals surface area contributed by atoms with Crippen LogP contribution in [0.1, 0.15) is 64.2 Å². The lowest BCUT2D eigenvalue weighted by molar-refractivity contribution is -0.123. The van der Waals surface area contributed by atoms with E-state index in [1.54, 1.807) is 18.7 Å². The summed E-state index contributed by atoms with van der Waals surface area (Å²) in [5, 5.41) is 12.1. The molecule has 45 heavy (non-hydrogen) atoms. The molecule has 6 rings (SSSR count). The minimum Gasteiger partial charge on any atom is -0.347 e. The van der Waals surface area contributed by atoms with Crippen molar-refractivity contribution in [2.24, 2.45) is 5.92 Å². The van der Waals surface area contributed by atoms with Crippen LogP contribution < -0.4 is 10.2 Å². The summed E-state index contributed by atoms with van der Waals surface area (Å²) >= 11 is 1.45. The minimum atomic E-state index is -0.110. The molecule has 0 atom stereocenters. The number of nitrogens with one attached hydrogen (secondary N) is 1. The molecule has 0 bridgehead atoms. The minimum absolute atomic E-state index is 0.0128.